The second kappa shape index (κ2) is 8.26. The number of aryl methyl sites for hydroxylation is 1. The van der Waals surface area contributed by atoms with Gasteiger partial charge in [-0.15, -0.1) is 10.2 Å². The first-order chi connectivity index (χ1) is 11.0. The quantitative estimate of drug-likeness (QED) is 0.546. The first-order valence-corrected chi connectivity index (χ1v) is 8.91. The van der Waals surface area contributed by atoms with Crippen LogP contribution < -0.4 is 5.73 Å². The number of ketones is 1. The van der Waals surface area contributed by atoms with E-state index in [2.05, 4.69) is 26.1 Å². The monoisotopic (exact) mass is 396 g/mol. The minimum Gasteiger partial charge on any atom is -0.370 e. The highest BCUT2D eigenvalue weighted by atomic mass is 79.9. The zero-order valence-corrected chi connectivity index (χ0v) is 15.1. The van der Waals surface area contributed by atoms with Gasteiger partial charge in [-0.2, -0.15) is 0 Å². The van der Waals surface area contributed by atoms with Crippen LogP contribution in [0.1, 0.15) is 29.5 Å². The molecule has 0 aliphatic carbocycles. The van der Waals surface area contributed by atoms with Gasteiger partial charge in [-0.25, -0.2) is 0 Å². The number of rotatable bonds is 8. The smallest absolute Gasteiger partial charge is 0.217 e. The van der Waals surface area contributed by atoms with Crippen molar-refractivity contribution < 1.29 is 9.59 Å². The molecule has 2 rings (SSSR count). The zero-order chi connectivity index (χ0) is 16.8. The molecule has 0 bridgehead atoms. The molecule has 0 unspecified atom stereocenters. The van der Waals surface area contributed by atoms with E-state index in [0.717, 1.165) is 4.47 Å². The first kappa shape index (κ1) is 17.7. The van der Waals surface area contributed by atoms with Crippen molar-refractivity contribution in [2.75, 3.05) is 5.75 Å². The van der Waals surface area contributed by atoms with Gasteiger partial charge in [-0.3, -0.25) is 9.59 Å². The van der Waals surface area contributed by atoms with E-state index < -0.39 is 0 Å². The van der Waals surface area contributed by atoms with Gasteiger partial charge in [0, 0.05) is 29.4 Å². The van der Waals surface area contributed by atoms with Gasteiger partial charge in [0.15, 0.2) is 10.9 Å². The van der Waals surface area contributed by atoms with Gasteiger partial charge in [0.1, 0.15) is 5.82 Å². The maximum Gasteiger partial charge on any atom is 0.217 e. The van der Waals surface area contributed by atoms with Crippen LogP contribution >= 0.6 is 27.7 Å². The van der Waals surface area contributed by atoms with Crippen molar-refractivity contribution >= 4 is 39.4 Å². The molecule has 1 amide bonds. The lowest BCUT2D eigenvalue weighted by atomic mass is 10.2. The van der Waals surface area contributed by atoms with Gasteiger partial charge in [0.25, 0.3) is 0 Å². The molecule has 2 N–H and O–H groups in total. The SMILES string of the molecule is CCn1c(CCC(N)=O)nnc1SCC(=O)c1ccc(Br)cc1. The summed E-state index contributed by atoms with van der Waals surface area (Å²) in [6.45, 7) is 2.65. The number of amides is 1. The maximum absolute atomic E-state index is 12.2. The molecular formula is C15H17BrN4O2S. The number of nitrogens with zero attached hydrogens (tertiary/aromatic N) is 3. The number of aromatic nitrogens is 3. The highest BCUT2D eigenvalue weighted by Crippen LogP contribution is 2.20. The highest BCUT2D eigenvalue weighted by molar-refractivity contribution is 9.10. The molecule has 0 aliphatic rings. The van der Waals surface area contributed by atoms with Gasteiger partial charge in [-0.1, -0.05) is 39.8 Å². The Hall–Kier alpha value is -1.67. The number of benzene rings is 1. The average molecular weight is 397 g/mol. The molecule has 2 aromatic rings. The van der Waals surface area contributed by atoms with E-state index in [4.69, 9.17) is 5.73 Å². The number of halogens is 1. The van der Waals surface area contributed by atoms with E-state index in [-0.39, 0.29) is 23.9 Å². The third-order valence-electron chi connectivity index (χ3n) is 3.20. The van der Waals surface area contributed by atoms with Gasteiger partial charge in [-0.05, 0) is 19.1 Å². The van der Waals surface area contributed by atoms with Crippen molar-refractivity contribution in [2.45, 2.75) is 31.5 Å². The summed E-state index contributed by atoms with van der Waals surface area (Å²) < 4.78 is 2.84. The van der Waals surface area contributed by atoms with Gasteiger partial charge in [0.2, 0.25) is 5.91 Å². The summed E-state index contributed by atoms with van der Waals surface area (Å²) in [7, 11) is 0. The van der Waals surface area contributed by atoms with Gasteiger partial charge >= 0.3 is 0 Å². The molecule has 0 saturated carbocycles. The average Bonchev–Trinajstić information content (AvgIpc) is 2.93. The maximum atomic E-state index is 12.2. The third kappa shape index (κ3) is 4.90. The molecule has 122 valence electrons. The molecule has 0 fully saturated rings. The standard InChI is InChI=1S/C15H17BrN4O2S/c1-2-20-14(8-7-13(17)22)18-19-15(20)23-9-12(21)10-3-5-11(16)6-4-10/h3-6H,2,7-9H2,1H3,(H2,17,22). The van der Waals surface area contributed by atoms with Crippen LogP contribution in [0.2, 0.25) is 0 Å². The molecule has 6 nitrogen and oxygen atoms in total. The lowest BCUT2D eigenvalue weighted by molar-refractivity contribution is -0.118. The lowest BCUT2D eigenvalue weighted by Gasteiger charge is -2.06. The Morgan fingerprint density at radius 1 is 1.26 bits per heavy atom. The molecule has 1 aromatic carbocycles. The predicted octanol–water partition coefficient (Wildman–Crippen LogP) is 2.45. The van der Waals surface area contributed by atoms with Crippen molar-refractivity contribution in [3.05, 3.63) is 40.1 Å². The Morgan fingerprint density at radius 2 is 1.96 bits per heavy atom. The van der Waals surface area contributed by atoms with Crippen LogP contribution in [-0.2, 0) is 17.8 Å². The van der Waals surface area contributed by atoms with Crippen LogP contribution in [0.5, 0.6) is 0 Å². The number of carbonyl (C=O) groups excluding carboxylic acids is 2. The molecule has 0 saturated heterocycles. The topological polar surface area (TPSA) is 90.9 Å². The Balaban J connectivity index is 2.01. The van der Waals surface area contributed by atoms with Crippen LogP contribution in [0.3, 0.4) is 0 Å². The zero-order valence-electron chi connectivity index (χ0n) is 12.7. The molecule has 0 spiro atoms. The summed E-state index contributed by atoms with van der Waals surface area (Å²) in [6, 6.07) is 7.26. The van der Waals surface area contributed by atoms with E-state index in [1.807, 2.05) is 23.6 Å². The fourth-order valence-electron chi connectivity index (χ4n) is 2.01. The van der Waals surface area contributed by atoms with E-state index in [0.29, 0.717) is 29.5 Å². The molecule has 1 heterocycles. The van der Waals surface area contributed by atoms with Crippen LogP contribution in [0.25, 0.3) is 0 Å². The van der Waals surface area contributed by atoms with Crippen molar-refractivity contribution in [3.63, 3.8) is 0 Å². The largest absolute Gasteiger partial charge is 0.370 e. The number of hydrogen-bond donors (Lipinski definition) is 1. The molecule has 1 aromatic heterocycles. The van der Waals surface area contributed by atoms with Crippen LogP contribution in [0, 0.1) is 0 Å². The Bertz CT molecular complexity index is 700. The second-order valence-electron chi connectivity index (χ2n) is 4.83. The number of primary amides is 1. The third-order valence-corrected chi connectivity index (χ3v) is 4.70. The number of thioether (sulfide) groups is 1. The fraction of sp³-hybridized carbons (Fsp3) is 0.333. The molecule has 0 atom stereocenters. The summed E-state index contributed by atoms with van der Waals surface area (Å²) in [5.74, 6) is 0.669. The van der Waals surface area contributed by atoms with Crippen molar-refractivity contribution in [1.29, 1.82) is 0 Å². The molecule has 23 heavy (non-hydrogen) atoms. The van der Waals surface area contributed by atoms with E-state index in [1.165, 1.54) is 11.8 Å². The van der Waals surface area contributed by atoms with Crippen LogP contribution in [0.15, 0.2) is 33.9 Å². The Morgan fingerprint density at radius 3 is 2.57 bits per heavy atom. The first-order valence-electron chi connectivity index (χ1n) is 7.13. The minimum absolute atomic E-state index is 0.0341. The Labute approximate surface area is 147 Å². The molecular weight excluding hydrogens is 380 g/mol. The predicted molar refractivity (Wildman–Crippen MR) is 92.4 cm³/mol. The Kier molecular flexibility index (Phi) is 6.35. The summed E-state index contributed by atoms with van der Waals surface area (Å²) in [6.07, 6.45) is 0.692. The number of nitrogens with two attached hydrogens (primary N) is 1. The van der Waals surface area contributed by atoms with Gasteiger partial charge in [0.05, 0.1) is 5.75 Å². The highest BCUT2D eigenvalue weighted by Gasteiger charge is 2.14. The number of hydrogen-bond acceptors (Lipinski definition) is 5. The van der Waals surface area contributed by atoms with Crippen molar-refractivity contribution in [3.8, 4) is 0 Å². The molecule has 0 aliphatic heterocycles. The molecule has 0 radical (unpaired) electrons. The van der Waals surface area contributed by atoms with Gasteiger partial charge < -0.3 is 10.3 Å². The lowest BCUT2D eigenvalue weighted by Crippen LogP contribution is -2.13. The molecule has 8 heteroatoms. The van der Waals surface area contributed by atoms with Crippen molar-refractivity contribution in [2.24, 2.45) is 5.73 Å². The van der Waals surface area contributed by atoms with E-state index in [1.54, 1.807) is 12.1 Å². The van der Waals surface area contributed by atoms with E-state index in [9.17, 15) is 9.59 Å². The normalized spacial score (nSPS) is 10.7. The van der Waals surface area contributed by atoms with Crippen LogP contribution in [-0.4, -0.2) is 32.2 Å². The summed E-state index contributed by atoms with van der Waals surface area (Å²) in [4.78, 5) is 23.1. The summed E-state index contributed by atoms with van der Waals surface area (Å²) in [5.41, 5.74) is 5.83. The van der Waals surface area contributed by atoms with Crippen LogP contribution in [0.4, 0.5) is 0 Å². The number of carbonyl (C=O) groups is 2. The van der Waals surface area contributed by atoms with Crippen molar-refractivity contribution in [1.82, 2.24) is 14.8 Å². The second-order valence-corrected chi connectivity index (χ2v) is 6.69. The minimum atomic E-state index is -0.365. The van der Waals surface area contributed by atoms with E-state index >= 15 is 0 Å². The summed E-state index contributed by atoms with van der Waals surface area (Å²) >= 11 is 4.69. The number of Topliss-reactive ketones (excluding diaryl/α,β-unsaturated/α-hetero) is 1. The summed E-state index contributed by atoms with van der Waals surface area (Å²) in [5, 5.41) is 8.88. The fourth-order valence-corrected chi connectivity index (χ4v) is 3.19.